The molecule has 4 aliphatic rings. The van der Waals surface area contributed by atoms with Gasteiger partial charge in [0.05, 0.1) is 17.0 Å². The van der Waals surface area contributed by atoms with Crippen LogP contribution >= 0.6 is 0 Å². The van der Waals surface area contributed by atoms with Crippen LogP contribution in [-0.4, -0.2) is 49.7 Å². The molecule has 1 amide bonds. The number of nitriles is 1. The lowest BCUT2D eigenvalue weighted by Gasteiger charge is -2.60. The summed E-state index contributed by atoms with van der Waals surface area (Å²) in [5, 5.41) is 20.1. The molecule has 4 fully saturated rings. The number of rotatable bonds is 8. The van der Waals surface area contributed by atoms with Gasteiger partial charge in [-0.1, -0.05) is 6.07 Å². The molecule has 0 radical (unpaired) electrons. The summed E-state index contributed by atoms with van der Waals surface area (Å²) in [7, 11) is -1.21. The van der Waals surface area contributed by atoms with Crippen LogP contribution in [0.15, 0.2) is 29.6 Å². The van der Waals surface area contributed by atoms with Crippen molar-refractivity contribution in [1.29, 1.82) is 5.26 Å². The molecule has 39 heavy (non-hydrogen) atoms. The largest absolute Gasteiger partial charge is 0.444 e. The van der Waals surface area contributed by atoms with Gasteiger partial charge in [-0.3, -0.25) is 4.21 Å². The highest BCUT2D eigenvalue weighted by atomic mass is 32.2. The average molecular weight is 552 g/mol. The molecule has 4 aliphatic carbocycles. The number of anilines is 2. The SMILES string of the molecule is CS(=O)c1ncccc1CNc1ncc(C#N)c(NCC23CC4C[C@H](C2)C(NC(=O)OC(C)(C)C)[C@@H](C4)C3)n1. The Bertz CT molecular complexity index is 1290. The Hall–Kier alpha value is -3.26. The molecule has 6 rings (SSSR count). The molecule has 208 valence electrons. The highest BCUT2D eigenvalue weighted by molar-refractivity contribution is 7.84. The van der Waals surface area contributed by atoms with Crippen molar-refractivity contribution < 1.29 is 13.7 Å². The third-order valence-corrected chi connectivity index (χ3v) is 9.09. The summed E-state index contributed by atoms with van der Waals surface area (Å²) >= 11 is 0. The van der Waals surface area contributed by atoms with E-state index >= 15 is 0 Å². The van der Waals surface area contributed by atoms with Gasteiger partial charge in [-0.2, -0.15) is 10.2 Å². The van der Waals surface area contributed by atoms with Gasteiger partial charge in [-0.25, -0.2) is 14.8 Å². The molecule has 0 saturated heterocycles. The predicted molar refractivity (Wildman–Crippen MR) is 148 cm³/mol. The summed E-state index contributed by atoms with van der Waals surface area (Å²) in [6.45, 7) is 6.75. The number of aromatic nitrogens is 3. The number of nitrogens with one attached hydrogen (secondary N) is 3. The fourth-order valence-electron chi connectivity index (χ4n) is 7.04. The second-order valence-electron chi connectivity index (χ2n) is 12.3. The maximum atomic E-state index is 12.5. The lowest BCUT2D eigenvalue weighted by atomic mass is 9.48. The number of hydrogen-bond acceptors (Lipinski definition) is 9. The van der Waals surface area contributed by atoms with Crippen LogP contribution in [0.5, 0.6) is 0 Å². The van der Waals surface area contributed by atoms with Gasteiger partial charge in [0.2, 0.25) is 5.95 Å². The topological polar surface area (TPSA) is 142 Å². The van der Waals surface area contributed by atoms with Crippen molar-refractivity contribution in [3.8, 4) is 6.07 Å². The average Bonchev–Trinajstić information content (AvgIpc) is 2.87. The van der Waals surface area contributed by atoms with Gasteiger partial charge >= 0.3 is 6.09 Å². The third kappa shape index (κ3) is 6.16. The highest BCUT2D eigenvalue weighted by Gasteiger charge is 2.55. The number of ether oxygens (including phenoxy) is 1. The van der Waals surface area contributed by atoms with E-state index in [9.17, 15) is 14.3 Å². The summed E-state index contributed by atoms with van der Waals surface area (Å²) in [6, 6.07) is 6.03. The van der Waals surface area contributed by atoms with E-state index in [1.807, 2.05) is 26.8 Å². The normalized spacial score (nSPS) is 27.9. The van der Waals surface area contributed by atoms with Crippen molar-refractivity contribution in [1.82, 2.24) is 20.3 Å². The van der Waals surface area contributed by atoms with Crippen LogP contribution in [0.1, 0.15) is 64.0 Å². The molecule has 11 heteroatoms. The summed E-state index contributed by atoms with van der Waals surface area (Å²) in [4.78, 5) is 25.7. The van der Waals surface area contributed by atoms with Gasteiger partial charge in [0.15, 0.2) is 0 Å². The van der Waals surface area contributed by atoms with Crippen LogP contribution in [0.2, 0.25) is 0 Å². The van der Waals surface area contributed by atoms with E-state index in [1.165, 1.54) is 6.20 Å². The smallest absolute Gasteiger partial charge is 0.407 e. The van der Waals surface area contributed by atoms with Crippen molar-refractivity contribution in [3.63, 3.8) is 0 Å². The zero-order valence-corrected chi connectivity index (χ0v) is 23.8. The molecular formula is C28H37N7O3S. The van der Waals surface area contributed by atoms with E-state index in [0.717, 1.165) is 44.2 Å². The van der Waals surface area contributed by atoms with Crippen LogP contribution in [-0.2, 0) is 22.1 Å². The number of carbonyl (C=O) groups is 1. The quantitative estimate of drug-likeness (QED) is 0.439. The Labute approximate surface area is 232 Å². The first-order valence-corrected chi connectivity index (χ1v) is 15.1. The number of nitrogens with zero attached hydrogens (tertiary/aromatic N) is 4. The van der Waals surface area contributed by atoms with Crippen molar-refractivity contribution in [3.05, 3.63) is 35.7 Å². The second-order valence-corrected chi connectivity index (χ2v) is 13.6. The van der Waals surface area contributed by atoms with E-state index in [1.54, 1.807) is 18.5 Å². The van der Waals surface area contributed by atoms with Crippen LogP contribution < -0.4 is 16.0 Å². The number of pyridine rings is 1. The number of carbonyl (C=O) groups excluding carboxylic acids is 1. The molecule has 2 aromatic heterocycles. The van der Waals surface area contributed by atoms with Gasteiger partial charge in [0.25, 0.3) is 0 Å². The minimum Gasteiger partial charge on any atom is -0.444 e. The zero-order valence-electron chi connectivity index (χ0n) is 23.0. The first-order chi connectivity index (χ1) is 18.5. The minimum absolute atomic E-state index is 0.115. The zero-order chi connectivity index (χ0) is 27.8. The Morgan fingerprint density at radius 3 is 2.62 bits per heavy atom. The summed E-state index contributed by atoms with van der Waals surface area (Å²) in [5.41, 5.74) is 0.805. The van der Waals surface area contributed by atoms with E-state index in [2.05, 4.69) is 37.0 Å². The van der Waals surface area contributed by atoms with Crippen LogP contribution in [0, 0.1) is 34.5 Å². The summed E-state index contributed by atoms with van der Waals surface area (Å²) in [5.74, 6) is 2.43. The van der Waals surface area contributed by atoms with Crippen LogP contribution in [0.3, 0.4) is 0 Å². The van der Waals surface area contributed by atoms with E-state index in [4.69, 9.17) is 4.74 Å². The van der Waals surface area contributed by atoms with Crippen LogP contribution in [0.4, 0.5) is 16.6 Å². The molecule has 4 bridgehead atoms. The van der Waals surface area contributed by atoms with Gasteiger partial charge in [0, 0.05) is 37.1 Å². The molecule has 2 heterocycles. The molecule has 2 aromatic rings. The maximum absolute atomic E-state index is 12.5. The Kier molecular flexibility index (Phi) is 7.51. The monoisotopic (exact) mass is 551 g/mol. The lowest BCUT2D eigenvalue weighted by Crippen LogP contribution is -2.60. The van der Waals surface area contributed by atoms with Crippen molar-refractivity contribution in [2.75, 3.05) is 23.4 Å². The number of amides is 1. The standard InChI is InChI=1S/C28H37N7O3S/c1-27(2,3)38-26(36)34-22-19-8-17-9-20(22)12-28(10-17,11-19)16-33-23-21(13-29)15-32-25(35-23)31-14-18-6-5-7-30-24(18)39(4)37/h5-7,15,17,19-20,22H,8-12,14,16H2,1-4H3,(H,34,36)(H2,31,32,33,35)/t17?,19-,20+,22?,28?,39?. The fourth-order valence-corrected chi connectivity index (χ4v) is 7.75. The van der Waals surface area contributed by atoms with Gasteiger partial charge < -0.3 is 20.7 Å². The molecule has 4 saturated carbocycles. The molecule has 6 atom stereocenters. The van der Waals surface area contributed by atoms with Crippen LogP contribution in [0.25, 0.3) is 0 Å². The molecule has 0 aromatic carbocycles. The fraction of sp³-hybridized carbons (Fsp3) is 0.607. The molecule has 4 unspecified atom stereocenters. The van der Waals surface area contributed by atoms with Gasteiger partial charge in [-0.05, 0) is 82.1 Å². The minimum atomic E-state index is -1.21. The number of hydrogen-bond donors (Lipinski definition) is 3. The highest BCUT2D eigenvalue weighted by Crippen LogP contribution is 2.60. The Morgan fingerprint density at radius 1 is 1.21 bits per heavy atom. The molecule has 3 N–H and O–H groups in total. The molecule has 0 spiro atoms. The third-order valence-electron chi connectivity index (χ3n) is 8.18. The number of alkyl carbamates (subject to hydrolysis) is 1. The summed E-state index contributed by atoms with van der Waals surface area (Å²) in [6.07, 6.45) is 9.93. The Morgan fingerprint density at radius 2 is 1.95 bits per heavy atom. The lowest BCUT2D eigenvalue weighted by molar-refractivity contribution is -0.0703. The first-order valence-electron chi connectivity index (χ1n) is 13.6. The van der Waals surface area contributed by atoms with Crippen molar-refractivity contribution in [2.24, 2.45) is 23.2 Å². The second kappa shape index (κ2) is 10.7. The van der Waals surface area contributed by atoms with Crippen molar-refractivity contribution >= 4 is 28.7 Å². The molecule has 0 aliphatic heterocycles. The Balaban J connectivity index is 1.25. The maximum Gasteiger partial charge on any atom is 0.407 e. The van der Waals surface area contributed by atoms with E-state index < -0.39 is 16.4 Å². The first kappa shape index (κ1) is 27.3. The van der Waals surface area contributed by atoms with Crippen molar-refractivity contribution in [2.45, 2.75) is 76.1 Å². The summed E-state index contributed by atoms with van der Waals surface area (Å²) < 4.78 is 17.6. The van der Waals surface area contributed by atoms with E-state index in [0.29, 0.717) is 46.7 Å². The molecule has 10 nitrogen and oxygen atoms in total. The predicted octanol–water partition coefficient (Wildman–Crippen LogP) is 4.22. The van der Waals surface area contributed by atoms with E-state index in [-0.39, 0.29) is 17.6 Å². The van der Waals surface area contributed by atoms with Gasteiger partial charge in [0.1, 0.15) is 28.1 Å². The molecular weight excluding hydrogens is 514 g/mol. The van der Waals surface area contributed by atoms with Gasteiger partial charge in [-0.15, -0.1) is 0 Å².